The maximum Gasteiger partial charge on any atom is 0.251 e. The van der Waals surface area contributed by atoms with Crippen LogP contribution in [0.5, 0.6) is 5.75 Å². The second kappa shape index (κ2) is 11.7. The Morgan fingerprint density at radius 3 is 2.32 bits per heavy atom. The third-order valence-corrected chi connectivity index (χ3v) is 6.28. The van der Waals surface area contributed by atoms with Gasteiger partial charge in [0.25, 0.3) is 5.91 Å². The van der Waals surface area contributed by atoms with Gasteiger partial charge in [0.15, 0.2) is 11.0 Å². The molecule has 1 aromatic heterocycles. The summed E-state index contributed by atoms with van der Waals surface area (Å²) in [6, 6.07) is 14.3. The van der Waals surface area contributed by atoms with E-state index in [4.69, 9.17) is 4.74 Å². The highest BCUT2D eigenvalue weighted by atomic mass is 32.2. The minimum absolute atomic E-state index is 0.0973. The smallest absolute Gasteiger partial charge is 0.251 e. The summed E-state index contributed by atoms with van der Waals surface area (Å²) in [5, 5.41) is 15.3. The molecule has 8 nitrogen and oxygen atoms in total. The van der Waals surface area contributed by atoms with Gasteiger partial charge in [0.2, 0.25) is 5.91 Å². The Balaban J connectivity index is 1.68. The van der Waals surface area contributed by atoms with Gasteiger partial charge in [-0.3, -0.25) is 9.59 Å². The number of hydrogen-bond acceptors (Lipinski definition) is 6. The molecule has 0 aliphatic rings. The lowest BCUT2D eigenvalue weighted by Gasteiger charge is -2.22. The molecule has 2 aromatic carbocycles. The second-order valence-corrected chi connectivity index (χ2v) is 9.15. The molecule has 2 amide bonds. The molecule has 0 saturated carbocycles. The minimum atomic E-state index is -0.316. The van der Waals surface area contributed by atoms with E-state index in [0.29, 0.717) is 28.8 Å². The highest BCUT2D eigenvalue weighted by Crippen LogP contribution is 2.26. The third-order valence-electron chi connectivity index (χ3n) is 5.31. The number of benzene rings is 2. The zero-order chi connectivity index (χ0) is 24.7. The maximum atomic E-state index is 12.8. The molecule has 3 rings (SSSR count). The number of ether oxygens (including phenoxy) is 1. The molecule has 0 aliphatic heterocycles. The van der Waals surface area contributed by atoms with Crippen molar-refractivity contribution in [1.29, 1.82) is 0 Å². The van der Waals surface area contributed by atoms with Crippen LogP contribution in [0.2, 0.25) is 0 Å². The molecule has 3 aromatic rings. The van der Waals surface area contributed by atoms with Crippen molar-refractivity contribution in [3.05, 3.63) is 65.5 Å². The van der Waals surface area contributed by atoms with Crippen molar-refractivity contribution >= 4 is 29.3 Å². The van der Waals surface area contributed by atoms with Crippen LogP contribution >= 0.6 is 11.8 Å². The molecule has 9 heteroatoms. The number of aromatic nitrogens is 3. The second-order valence-electron chi connectivity index (χ2n) is 8.21. The Kier molecular flexibility index (Phi) is 8.70. The Labute approximate surface area is 204 Å². The lowest BCUT2D eigenvalue weighted by Crippen LogP contribution is -2.33. The number of methoxy groups -OCH3 is 1. The number of rotatable bonds is 10. The summed E-state index contributed by atoms with van der Waals surface area (Å²) in [7, 11) is 1.60. The molecule has 0 aliphatic carbocycles. The van der Waals surface area contributed by atoms with Crippen molar-refractivity contribution in [3.63, 3.8) is 0 Å². The summed E-state index contributed by atoms with van der Waals surface area (Å²) in [5.74, 6) is 1.39. The molecule has 0 spiro atoms. The summed E-state index contributed by atoms with van der Waals surface area (Å²) in [4.78, 5) is 25.3. The van der Waals surface area contributed by atoms with Gasteiger partial charge in [-0.25, -0.2) is 0 Å². The number of anilines is 1. The van der Waals surface area contributed by atoms with Gasteiger partial charge >= 0.3 is 0 Å². The van der Waals surface area contributed by atoms with Crippen molar-refractivity contribution in [3.8, 4) is 5.75 Å². The number of nitrogens with one attached hydrogen (secondary N) is 2. The number of thioether (sulfide) groups is 1. The number of nitrogens with zero attached hydrogens (tertiary/aromatic N) is 3. The first-order valence-corrected chi connectivity index (χ1v) is 12.2. The maximum absolute atomic E-state index is 12.8. The van der Waals surface area contributed by atoms with E-state index in [-0.39, 0.29) is 29.5 Å². The van der Waals surface area contributed by atoms with Gasteiger partial charge in [0.05, 0.1) is 18.9 Å². The molecule has 1 atom stereocenters. The normalized spacial score (nSPS) is 11.8. The van der Waals surface area contributed by atoms with Crippen molar-refractivity contribution in [2.24, 2.45) is 5.92 Å². The number of carbonyl (C=O) groups is 2. The molecule has 1 heterocycles. The standard InChI is InChI=1S/C25H31N5O3S/c1-6-30-23(22(16(2)3)27-24(32)18-9-7-17(4)8-10-18)28-29-25(30)34-15-21(31)26-19-11-13-20(33-5)14-12-19/h7-14,16,22H,6,15H2,1-5H3,(H,26,31)(H,27,32)/t22-/m0/s1. The van der Waals surface area contributed by atoms with Crippen molar-refractivity contribution in [1.82, 2.24) is 20.1 Å². The molecule has 0 saturated heterocycles. The van der Waals surface area contributed by atoms with Crippen LogP contribution in [0.1, 0.15) is 48.6 Å². The molecule has 0 bridgehead atoms. The average Bonchev–Trinajstić information content (AvgIpc) is 3.24. The lowest BCUT2D eigenvalue weighted by atomic mass is 10.0. The summed E-state index contributed by atoms with van der Waals surface area (Å²) in [6.07, 6.45) is 0. The molecule has 0 fully saturated rings. The van der Waals surface area contributed by atoms with Gasteiger partial charge in [0, 0.05) is 17.8 Å². The number of carbonyl (C=O) groups excluding carboxylic acids is 2. The minimum Gasteiger partial charge on any atom is -0.497 e. The van der Waals surface area contributed by atoms with E-state index in [2.05, 4.69) is 20.8 Å². The van der Waals surface area contributed by atoms with Gasteiger partial charge in [-0.15, -0.1) is 10.2 Å². The predicted octanol–water partition coefficient (Wildman–Crippen LogP) is 4.47. The van der Waals surface area contributed by atoms with Crippen LogP contribution in [-0.2, 0) is 11.3 Å². The number of amides is 2. The van der Waals surface area contributed by atoms with Crippen LogP contribution in [0.15, 0.2) is 53.7 Å². The molecule has 180 valence electrons. The Morgan fingerprint density at radius 1 is 1.06 bits per heavy atom. The third kappa shape index (κ3) is 6.38. The van der Waals surface area contributed by atoms with Crippen LogP contribution < -0.4 is 15.4 Å². The predicted molar refractivity (Wildman–Crippen MR) is 134 cm³/mol. The molecule has 2 N–H and O–H groups in total. The Morgan fingerprint density at radius 2 is 1.74 bits per heavy atom. The fourth-order valence-corrected chi connectivity index (χ4v) is 4.20. The van der Waals surface area contributed by atoms with Gasteiger partial charge in [-0.2, -0.15) is 0 Å². The van der Waals surface area contributed by atoms with E-state index >= 15 is 0 Å². The van der Waals surface area contributed by atoms with Gasteiger partial charge < -0.3 is 19.9 Å². The first-order valence-electron chi connectivity index (χ1n) is 11.2. The van der Waals surface area contributed by atoms with Crippen LogP contribution in [-0.4, -0.2) is 39.4 Å². The summed E-state index contributed by atoms with van der Waals surface area (Å²) < 4.78 is 7.09. The summed E-state index contributed by atoms with van der Waals surface area (Å²) in [5.41, 5.74) is 2.40. The monoisotopic (exact) mass is 481 g/mol. The summed E-state index contributed by atoms with van der Waals surface area (Å²) >= 11 is 1.31. The Bertz CT molecular complexity index is 1110. The first kappa shape index (κ1) is 25.3. The van der Waals surface area contributed by atoms with Crippen LogP contribution in [0.3, 0.4) is 0 Å². The van der Waals surface area contributed by atoms with Crippen molar-refractivity contribution < 1.29 is 14.3 Å². The van der Waals surface area contributed by atoms with Gasteiger partial charge in [-0.1, -0.05) is 43.3 Å². The molecule has 0 radical (unpaired) electrons. The fraction of sp³-hybridized carbons (Fsp3) is 0.360. The molecule has 0 unspecified atom stereocenters. The number of aryl methyl sites for hydroxylation is 1. The first-order chi connectivity index (χ1) is 16.3. The summed E-state index contributed by atoms with van der Waals surface area (Å²) in [6.45, 7) is 8.66. The van der Waals surface area contributed by atoms with Crippen molar-refractivity contribution in [2.75, 3.05) is 18.2 Å². The quantitative estimate of drug-likeness (QED) is 0.415. The highest BCUT2D eigenvalue weighted by molar-refractivity contribution is 7.99. The molecule has 34 heavy (non-hydrogen) atoms. The highest BCUT2D eigenvalue weighted by Gasteiger charge is 2.26. The fourth-order valence-electron chi connectivity index (χ4n) is 3.39. The van der Waals surface area contributed by atoms with E-state index in [1.807, 2.05) is 56.5 Å². The number of hydrogen-bond donors (Lipinski definition) is 2. The molecular formula is C25H31N5O3S. The van der Waals surface area contributed by atoms with Crippen LogP contribution in [0.25, 0.3) is 0 Å². The zero-order valence-electron chi connectivity index (χ0n) is 20.2. The largest absolute Gasteiger partial charge is 0.497 e. The van der Waals surface area contributed by atoms with E-state index in [9.17, 15) is 9.59 Å². The zero-order valence-corrected chi connectivity index (χ0v) is 21.0. The van der Waals surface area contributed by atoms with Gasteiger partial charge in [-0.05, 0) is 56.2 Å². The topological polar surface area (TPSA) is 98.1 Å². The van der Waals surface area contributed by atoms with E-state index in [0.717, 1.165) is 11.3 Å². The van der Waals surface area contributed by atoms with E-state index in [1.54, 1.807) is 31.4 Å². The average molecular weight is 482 g/mol. The van der Waals surface area contributed by atoms with E-state index < -0.39 is 0 Å². The van der Waals surface area contributed by atoms with E-state index in [1.165, 1.54) is 11.8 Å². The Hall–Kier alpha value is -3.33. The SMILES string of the molecule is CCn1c(SCC(=O)Nc2ccc(OC)cc2)nnc1[C@@H](NC(=O)c1ccc(C)cc1)C(C)C. The molecular weight excluding hydrogens is 450 g/mol. The van der Waals surface area contributed by atoms with Gasteiger partial charge in [0.1, 0.15) is 5.75 Å². The van der Waals surface area contributed by atoms with Crippen LogP contribution in [0, 0.1) is 12.8 Å². The van der Waals surface area contributed by atoms with Crippen molar-refractivity contribution in [2.45, 2.75) is 45.4 Å². The lowest BCUT2D eigenvalue weighted by molar-refractivity contribution is -0.113. The van der Waals surface area contributed by atoms with Crippen LogP contribution in [0.4, 0.5) is 5.69 Å².